The van der Waals surface area contributed by atoms with Crippen LogP contribution in [0.25, 0.3) is 0 Å². The molecule has 1 aliphatic rings. The molecular weight excluding hydrogens is 230 g/mol. The summed E-state index contributed by atoms with van der Waals surface area (Å²) < 4.78 is 25.1. The quantitative estimate of drug-likeness (QED) is 0.330. The minimum Gasteiger partial charge on any atom is -0.272 e. The molecule has 0 spiro atoms. The third kappa shape index (κ3) is 2.81. The molecule has 92 valence electrons. The summed E-state index contributed by atoms with van der Waals surface area (Å²) in [6.45, 7) is 5.02. The lowest BCUT2D eigenvalue weighted by atomic mass is 9.98. The van der Waals surface area contributed by atoms with Gasteiger partial charge in [0, 0.05) is 0 Å². The standard InChI is InChI=1S/C9H17N3O3S/c1-3-6-9(2,12-10)8(13)11-16(14,15)7-4-5-7/h3,7,12H,1,4-6,10H2,2H3,(H,11,13)/t9-/m1/s1. The minimum atomic E-state index is -3.53. The molecule has 0 aromatic rings. The molecule has 1 atom stereocenters. The summed E-state index contributed by atoms with van der Waals surface area (Å²) in [4.78, 5) is 11.8. The van der Waals surface area contributed by atoms with Crippen molar-refractivity contribution in [1.29, 1.82) is 0 Å². The third-order valence-corrected chi connectivity index (χ3v) is 4.39. The zero-order valence-corrected chi connectivity index (χ0v) is 10.0. The van der Waals surface area contributed by atoms with Crippen LogP contribution in [0.2, 0.25) is 0 Å². The second-order valence-corrected chi connectivity index (χ2v) is 6.11. The lowest BCUT2D eigenvalue weighted by Gasteiger charge is -2.25. The van der Waals surface area contributed by atoms with Crippen molar-refractivity contribution in [2.75, 3.05) is 0 Å². The molecule has 7 heteroatoms. The first-order valence-corrected chi connectivity index (χ1v) is 6.55. The lowest BCUT2D eigenvalue weighted by molar-refractivity contribution is -0.125. The molecule has 0 aromatic carbocycles. The number of nitrogens with two attached hydrogens (primary N) is 1. The van der Waals surface area contributed by atoms with Crippen LogP contribution in [0.15, 0.2) is 12.7 Å². The molecular formula is C9H17N3O3S. The number of hydrogen-bond donors (Lipinski definition) is 3. The van der Waals surface area contributed by atoms with Gasteiger partial charge in [-0.1, -0.05) is 6.08 Å². The molecule has 1 aliphatic carbocycles. The van der Waals surface area contributed by atoms with E-state index >= 15 is 0 Å². The first-order chi connectivity index (χ1) is 7.35. The Balaban J connectivity index is 2.73. The molecule has 1 saturated carbocycles. The SMILES string of the molecule is C=CC[C@@](C)(NN)C(=O)NS(=O)(=O)C1CC1. The number of nitrogens with one attached hydrogen (secondary N) is 2. The van der Waals surface area contributed by atoms with Gasteiger partial charge in [-0.2, -0.15) is 0 Å². The summed E-state index contributed by atoms with van der Waals surface area (Å²) in [5.74, 6) is 4.60. The van der Waals surface area contributed by atoms with Crippen molar-refractivity contribution < 1.29 is 13.2 Å². The molecule has 1 fully saturated rings. The van der Waals surface area contributed by atoms with Gasteiger partial charge in [0.1, 0.15) is 5.54 Å². The average molecular weight is 247 g/mol. The second kappa shape index (κ2) is 4.52. The third-order valence-electron chi connectivity index (χ3n) is 2.57. The molecule has 6 nitrogen and oxygen atoms in total. The fourth-order valence-corrected chi connectivity index (χ4v) is 2.62. The van der Waals surface area contributed by atoms with E-state index in [1.165, 1.54) is 13.0 Å². The summed E-state index contributed by atoms with van der Waals surface area (Å²) in [6, 6.07) is 0. The van der Waals surface area contributed by atoms with Crippen LogP contribution in [0.1, 0.15) is 26.2 Å². The van der Waals surface area contributed by atoms with Gasteiger partial charge in [0.2, 0.25) is 10.0 Å². The maximum atomic E-state index is 11.8. The van der Waals surface area contributed by atoms with E-state index in [1.54, 1.807) is 0 Å². The maximum Gasteiger partial charge on any atom is 0.255 e. The van der Waals surface area contributed by atoms with Crippen molar-refractivity contribution in [3.63, 3.8) is 0 Å². The number of rotatable bonds is 6. The molecule has 0 radical (unpaired) electrons. The molecule has 0 aromatic heterocycles. The Hall–Kier alpha value is -0.920. The van der Waals surface area contributed by atoms with Gasteiger partial charge in [-0.15, -0.1) is 6.58 Å². The molecule has 16 heavy (non-hydrogen) atoms. The van der Waals surface area contributed by atoms with E-state index in [2.05, 4.69) is 12.0 Å². The normalized spacial score (nSPS) is 19.9. The first-order valence-electron chi connectivity index (χ1n) is 5.00. The number of carbonyl (C=O) groups is 1. The Labute approximate surface area is 95.3 Å². The lowest BCUT2D eigenvalue weighted by Crippen LogP contribution is -2.58. The number of hydrogen-bond acceptors (Lipinski definition) is 5. The van der Waals surface area contributed by atoms with Crippen molar-refractivity contribution in [1.82, 2.24) is 10.1 Å². The molecule has 0 unspecified atom stereocenters. The van der Waals surface area contributed by atoms with Gasteiger partial charge < -0.3 is 0 Å². The highest BCUT2D eigenvalue weighted by atomic mass is 32.2. The van der Waals surface area contributed by atoms with Crippen LogP contribution in [0.3, 0.4) is 0 Å². The van der Waals surface area contributed by atoms with Crippen molar-refractivity contribution >= 4 is 15.9 Å². The maximum absolute atomic E-state index is 11.8. The van der Waals surface area contributed by atoms with Crippen LogP contribution in [-0.4, -0.2) is 25.1 Å². The molecule has 1 amide bonds. The van der Waals surface area contributed by atoms with E-state index in [9.17, 15) is 13.2 Å². The number of hydrazine groups is 1. The Morgan fingerprint density at radius 1 is 1.62 bits per heavy atom. The smallest absolute Gasteiger partial charge is 0.255 e. The van der Waals surface area contributed by atoms with Crippen LogP contribution in [-0.2, 0) is 14.8 Å². The predicted molar refractivity (Wildman–Crippen MR) is 60.6 cm³/mol. The largest absolute Gasteiger partial charge is 0.272 e. The van der Waals surface area contributed by atoms with Gasteiger partial charge in [0.25, 0.3) is 5.91 Å². The predicted octanol–water partition coefficient (Wildman–Crippen LogP) is -0.607. The van der Waals surface area contributed by atoms with Gasteiger partial charge in [0.15, 0.2) is 0 Å². The van der Waals surface area contributed by atoms with Crippen LogP contribution in [0.5, 0.6) is 0 Å². The molecule has 0 aliphatic heterocycles. The highest BCUT2D eigenvalue weighted by molar-refractivity contribution is 7.90. The Morgan fingerprint density at radius 2 is 2.19 bits per heavy atom. The summed E-state index contributed by atoms with van der Waals surface area (Å²) in [6.07, 6.45) is 2.96. The summed E-state index contributed by atoms with van der Waals surface area (Å²) in [5, 5.41) is -0.429. The Bertz CT molecular complexity index is 389. The van der Waals surface area contributed by atoms with Gasteiger partial charge in [-0.3, -0.25) is 15.4 Å². The summed E-state index contributed by atoms with van der Waals surface area (Å²) >= 11 is 0. The molecule has 0 heterocycles. The van der Waals surface area contributed by atoms with Crippen molar-refractivity contribution in [3.8, 4) is 0 Å². The summed E-state index contributed by atoms with van der Waals surface area (Å²) in [5.41, 5.74) is 1.16. The van der Waals surface area contributed by atoms with Crippen LogP contribution in [0, 0.1) is 0 Å². The molecule has 0 saturated heterocycles. The van der Waals surface area contributed by atoms with Crippen LogP contribution < -0.4 is 16.0 Å². The van der Waals surface area contributed by atoms with E-state index in [0.717, 1.165) is 0 Å². The fourth-order valence-electron chi connectivity index (χ4n) is 1.21. The molecule has 0 bridgehead atoms. The van der Waals surface area contributed by atoms with E-state index in [-0.39, 0.29) is 6.42 Å². The minimum absolute atomic E-state index is 0.246. The van der Waals surface area contributed by atoms with Crippen molar-refractivity contribution in [3.05, 3.63) is 12.7 Å². The number of sulfonamides is 1. The Morgan fingerprint density at radius 3 is 2.56 bits per heavy atom. The van der Waals surface area contributed by atoms with E-state index < -0.39 is 26.7 Å². The van der Waals surface area contributed by atoms with Crippen LogP contribution >= 0.6 is 0 Å². The number of carbonyl (C=O) groups excluding carboxylic acids is 1. The summed E-state index contributed by atoms with van der Waals surface area (Å²) in [7, 11) is -3.53. The number of amides is 1. The van der Waals surface area contributed by atoms with E-state index in [0.29, 0.717) is 12.8 Å². The molecule has 1 rings (SSSR count). The molecule has 4 N–H and O–H groups in total. The Kier molecular flexibility index (Phi) is 3.72. The van der Waals surface area contributed by atoms with Crippen LogP contribution in [0.4, 0.5) is 0 Å². The second-order valence-electron chi connectivity index (χ2n) is 4.14. The van der Waals surface area contributed by atoms with Gasteiger partial charge >= 0.3 is 0 Å². The fraction of sp³-hybridized carbons (Fsp3) is 0.667. The van der Waals surface area contributed by atoms with Crippen molar-refractivity contribution in [2.24, 2.45) is 5.84 Å². The van der Waals surface area contributed by atoms with E-state index in [1.807, 2.05) is 4.72 Å². The van der Waals surface area contributed by atoms with E-state index in [4.69, 9.17) is 5.84 Å². The van der Waals surface area contributed by atoms with Gasteiger partial charge in [-0.05, 0) is 26.2 Å². The van der Waals surface area contributed by atoms with Gasteiger partial charge in [-0.25, -0.2) is 13.8 Å². The van der Waals surface area contributed by atoms with Gasteiger partial charge in [0.05, 0.1) is 5.25 Å². The average Bonchev–Trinajstić information content (AvgIpc) is 3.00. The monoisotopic (exact) mass is 247 g/mol. The zero-order chi connectivity index (χ0) is 12.4. The highest BCUT2D eigenvalue weighted by Crippen LogP contribution is 2.27. The first kappa shape index (κ1) is 13.1. The zero-order valence-electron chi connectivity index (χ0n) is 9.19. The van der Waals surface area contributed by atoms with Crippen molar-refractivity contribution in [2.45, 2.75) is 37.0 Å². The highest BCUT2D eigenvalue weighted by Gasteiger charge is 2.40. The topological polar surface area (TPSA) is 101 Å².